The molecule has 0 spiro atoms. The van der Waals surface area contributed by atoms with Gasteiger partial charge in [0.1, 0.15) is 17.2 Å². The van der Waals surface area contributed by atoms with E-state index in [2.05, 4.69) is 4.98 Å². The Kier molecular flexibility index (Phi) is 7.07. The lowest BCUT2D eigenvalue weighted by Gasteiger charge is -2.25. The fourth-order valence-corrected chi connectivity index (χ4v) is 3.65. The van der Waals surface area contributed by atoms with Crippen LogP contribution in [0.4, 0.5) is 11.5 Å². The first kappa shape index (κ1) is 23.2. The second-order valence-corrected chi connectivity index (χ2v) is 8.20. The molecule has 3 rings (SSSR count). The highest BCUT2D eigenvalue weighted by atomic mass is 16.5. The Balaban J connectivity index is 2.01. The molecule has 0 atom stereocenters. The summed E-state index contributed by atoms with van der Waals surface area (Å²) in [6, 6.07) is 5.38. The molecule has 0 aliphatic rings. The molecule has 2 aromatic heterocycles. The summed E-state index contributed by atoms with van der Waals surface area (Å²) in [6.45, 7) is 6.52. The molecule has 0 saturated heterocycles. The third-order valence-electron chi connectivity index (χ3n) is 5.27. The molecular formula is C23H30N4O5. The van der Waals surface area contributed by atoms with Gasteiger partial charge >= 0.3 is 5.69 Å². The van der Waals surface area contributed by atoms with Crippen molar-refractivity contribution in [3.63, 3.8) is 0 Å². The zero-order valence-electron chi connectivity index (χ0n) is 18.9. The lowest BCUT2D eigenvalue weighted by Crippen LogP contribution is -2.42. The van der Waals surface area contributed by atoms with Crippen molar-refractivity contribution in [1.82, 2.24) is 9.55 Å². The maximum atomic E-state index is 13.4. The number of methoxy groups -OCH3 is 1. The molecule has 0 radical (unpaired) electrons. The number of aromatic nitrogens is 2. The number of benzene rings is 1. The molecule has 172 valence electrons. The van der Waals surface area contributed by atoms with E-state index in [9.17, 15) is 14.4 Å². The number of unbranched alkanes of at least 4 members (excludes halogenated alkanes) is 1. The number of amides is 1. The van der Waals surface area contributed by atoms with Crippen LogP contribution < -0.4 is 26.6 Å². The predicted molar refractivity (Wildman–Crippen MR) is 124 cm³/mol. The topological polar surface area (TPSA) is 124 Å². The highest BCUT2D eigenvalue weighted by molar-refractivity contribution is 5.99. The average molecular weight is 443 g/mol. The largest absolute Gasteiger partial charge is 0.497 e. The van der Waals surface area contributed by atoms with E-state index in [0.29, 0.717) is 36.4 Å². The third kappa shape index (κ3) is 4.71. The maximum absolute atomic E-state index is 13.4. The van der Waals surface area contributed by atoms with E-state index in [-0.39, 0.29) is 29.8 Å². The minimum Gasteiger partial charge on any atom is -0.497 e. The number of furan rings is 1. The van der Waals surface area contributed by atoms with Crippen molar-refractivity contribution in [3.8, 4) is 5.75 Å². The number of nitrogen functional groups attached to an aromatic ring is 1. The highest BCUT2D eigenvalue weighted by Crippen LogP contribution is 2.27. The summed E-state index contributed by atoms with van der Waals surface area (Å²) in [5.41, 5.74) is 6.32. The number of nitrogens with zero attached hydrogens (tertiary/aromatic N) is 2. The van der Waals surface area contributed by atoms with E-state index in [1.54, 1.807) is 19.2 Å². The molecule has 0 fully saturated rings. The van der Waals surface area contributed by atoms with Gasteiger partial charge in [0.2, 0.25) is 5.91 Å². The first-order valence-electron chi connectivity index (χ1n) is 10.7. The minimum absolute atomic E-state index is 0.00121. The van der Waals surface area contributed by atoms with Crippen molar-refractivity contribution < 1.29 is 13.9 Å². The summed E-state index contributed by atoms with van der Waals surface area (Å²) in [5.74, 6) is 0.478. The van der Waals surface area contributed by atoms with Crippen LogP contribution in [-0.2, 0) is 17.8 Å². The summed E-state index contributed by atoms with van der Waals surface area (Å²) in [7, 11) is 1.57. The standard InChI is InChI=1S/C23H30N4O5/c1-5-6-9-26(20-21(24)27(12-14(2)3)23(30)25-22(20)29)19(28)10-15-13-32-18-11-16(31-4)7-8-17(15)18/h7-8,11,13-14H,5-6,9-10,12,24H2,1-4H3,(H,25,29,30). The van der Waals surface area contributed by atoms with Crippen LogP contribution in [-0.4, -0.2) is 29.1 Å². The Morgan fingerprint density at radius 1 is 1.31 bits per heavy atom. The molecular weight excluding hydrogens is 412 g/mol. The average Bonchev–Trinajstić information content (AvgIpc) is 3.14. The molecule has 0 unspecified atom stereocenters. The predicted octanol–water partition coefficient (Wildman–Crippen LogP) is 2.91. The van der Waals surface area contributed by atoms with Crippen molar-refractivity contribution in [2.75, 3.05) is 24.3 Å². The Labute approximate surface area is 185 Å². The van der Waals surface area contributed by atoms with Gasteiger partial charge in [-0.15, -0.1) is 0 Å². The van der Waals surface area contributed by atoms with Crippen molar-refractivity contribution in [1.29, 1.82) is 0 Å². The minimum atomic E-state index is -0.668. The number of ether oxygens (including phenoxy) is 1. The second-order valence-electron chi connectivity index (χ2n) is 8.20. The monoisotopic (exact) mass is 442 g/mol. The van der Waals surface area contributed by atoms with Crippen LogP contribution in [0.5, 0.6) is 5.75 Å². The summed E-state index contributed by atoms with van der Waals surface area (Å²) in [4.78, 5) is 42.1. The van der Waals surface area contributed by atoms with E-state index in [0.717, 1.165) is 11.8 Å². The Morgan fingerprint density at radius 2 is 2.06 bits per heavy atom. The molecule has 0 aliphatic heterocycles. The van der Waals surface area contributed by atoms with Gasteiger partial charge in [0.05, 0.1) is 19.8 Å². The third-order valence-corrected chi connectivity index (χ3v) is 5.27. The van der Waals surface area contributed by atoms with Gasteiger partial charge in [0, 0.05) is 30.1 Å². The van der Waals surface area contributed by atoms with Crippen molar-refractivity contribution >= 4 is 28.4 Å². The van der Waals surface area contributed by atoms with Gasteiger partial charge in [0.25, 0.3) is 5.56 Å². The van der Waals surface area contributed by atoms with Gasteiger partial charge in [0.15, 0.2) is 5.69 Å². The summed E-state index contributed by atoms with van der Waals surface area (Å²) < 4.78 is 12.1. The van der Waals surface area contributed by atoms with Crippen LogP contribution >= 0.6 is 0 Å². The Hall–Kier alpha value is -3.49. The van der Waals surface area contributed by atoms with Crippen molar-refractivity contribution in [2.24, 2.45) is 5.92 Å². The van der Waals surface area contributed by atoms with Gasteiger partial charge in [-0.1, -0.05) is 27.2 Å². The van der Waals surface area contributed by atoms with E-state index in [4.69, 9.17) is 14.9 Å². The second kappa shape index (κ2) is 9.76. The molecule has 1 aromatic carbocycles. The maximum Gasteiger partial charge on any atom is 0.330 e. The molecule has 0 aliphatic carbocycles. The lowest BCUT2D eigenvalue weighted by atomic mass is 10.1. The number of hydrogen-bond acceptors (Lipinski definition) is 6. The number of rotatable bonds is 9. The van der Waals surface area contributed by atoms with Gasteiger partial charge < -0.3 is 19.8 Å². The number of carbonyl (C=O) groups excluding carboxylic acids is 1. The molecule has 9 nitrogen and oxygen atoms in total. The summed E-state index contributed by atoms with van der Waals surface area (Å²) in [5, 5.41) is 0.793. The normalized spacial score (nSPS) is 11.3. The van der Waals surface area contributed by atoms with Crippen molar-refractivity contribution in [2.45, 2.75) is 46.6 Å². The van der Waals surface area contributed by atoms with Crippen LogP contribution in [0.3, 0.4) is 0 Å². The smallest absolute Gasteiger partial charge is 0.330 e. The van der Waals surface area contributed by atoms with Crippen LogP contribution in [0, 0.1) is 5.92 Å². The number of aromatic amines is 1. The SMILES string of the molecule is CCCCN(C(=O)Cc1coc2cc(OC)ccc12)c1c(N)n(CC(C)C)c(=O)[nH]c1=O. The van der Waals surface area contributed by atoms with Gasteiger partial charge in [-0.05, 0) is 24.5 Å². The van der Waals surface area contributed by atoms with Gasteiger partial charge in [-0.2, -0.15) is 0 Å². The van der Waals surface area contributed by atoms with Crippen LogP contribution in [0.1, 0.15) is 39.2 Å². The van der Waals surface area contributed by atoms with Crippen LogP contribution in [0.2, 0.25) is 0 Å². The number of hydrogen-bond donors (Lipinski definition) is 2. The molecule has 9 heteroatoms. The molecule has 32 heavy (non-hydrogen) atoms. The van der Waals surface area contributed by atoms with Gasteiger partial charge in [-0.25, -0.2) is 4.79 Å². The first-order valence-corrected chi connectivity index (χ1v) is 10.7. The van der Waals surface area contributed by atoms with E-state index >= 15 is 0 Å². The molecule has 3 aromatic rings. The van der Waals surface area contributed by atoms with E-state index < -0.39 is 11.2 Å². The fraction of sp³-hybridized carbons (Fsp3) is 0.435. The number of anilines is 2. The lowest BCUT2D eigenvalue weighted by molar-refractivity contribution is -0.118. The Bertz CT molecular complexity index is 1220. The van der Waals surface area contributed by atoms with Crippen LogP contribution in [0.15, 0.2) is 38.5 Å². The number of H-pyrrole nitrogens is 1. The van der Waals surface area contributed by atoms with Crippen LogP contribution in [0.25, 0.3) is 11.0 Å². The first-order chi connectivity index (χ1) is 15.3. The molecule has 2 heterocycles. The highest BCUT2D eigenvalue weighted by Gasteiger charge is 2.25. The van der Waals surface area contributed by atoms with E-state index in [1.165, 1.54) is 15.7 Å². The molecule has 0 bridgehead atoms. The number of carbonyl (C=O) groups is 1. The fourth-order valence-electron chi connectivity index (χ4n) is 3.65. The number of nitrogens with one attached hydrogen (secondary N) is 1. The van der Waals surface area contributed by atoms with Crippen molar-refractivity contribution in [3.05, 3.63) is 50.9 Å². The Morgan fingerprint density at radius 3 is 2.72 bits per heavy atom. The molecule has 1 amide bonds. The van der Waals surface area contributed by atoms with E-state index in [1.807, 2.05) is 26.8 Å². The van der Waals surface area contributed by atoms with Gasteiger partial charge in [-0.3, -0.25) is 19.1 Å². The summed E-state index contributed by atoms with van der Waals surface area (Å²) in [6.07, 6.45) is 3.05. The zero-order valence-corrected chi connectivity index (χ0v) is 18.9. The number of nitrogens with two attached hydrogens (primary N) is 1. The summed E-state index contributed by atoms with van der Waals surface area (Å²) >= 11 is 0. The molecule has 0 saturated carbocycles. The zero-order chi connectivity index (χ0) is 23.4. The number of fused-ring (bicyclic) bond motifs is 1. The molecule has 3 N–H and O–H groups in total. The quantitative estimate of drug-likeness (QED) is 0.525.